The number of aromatic nitrogens is 4. The minimum atomic E-state index is -0.769. The predicted molar refractivity (Wildman–Crippen MR) is 115 cm³/mol. The van der Waals surface area contributed by atoms with E-state index in [0.717, 1.165) is 17.0 Å². The van der Waals surface area contributed by atoms with E-state index in [9.17, 15) is 9.59 Å². The van der Waals surface area contributed by atoms with Crippen LogP contribution in [0.25, 0.3) is 5.13 Å². The summed E-state index contributed by atoms with van der Waals surface area (Å²) >= 11 is 1.13. The van der Waals surface area contributed by atoms with Crippen molar-refractivity contribution in [3.63, 3.8) is 0 Å². The Morgan fingerprint density at radius 1 is 1.41 bits per heavy atom. The van der Waals surface area contributed by atoms with E-state index in [0.29, 0.717) is 43.6 Å². The molecule has 3 aromatic heterocycles. The largest absolute Gasteiger partial charge is 0.479 e. The molecule has 1 fully saturated rings. The lowest BCUT2D eigenvalue weighted by atomic mass is 10.3. The van der Waals surface area contributed by atoms with Crippen molar-refractivity contribution >= 4 is 28.1 Å². The number of nitrogens with one attached hydrogen (secondary N) is 2. The van der Waals surface area contributed by atoms with Gasteiger partial charge in [-0.2, -0.15) is 5.10 Å². The molecule has 1 aliphatic rings. The molecule has 32 heavy (non-hydrogen) atoms. The molecular weight excluding hydrogens is 440 g/mol. The average molecular weight is 462 g/mol. The fourth-order valence-corrected chi connectivity index (χ4v) is 3.74. The van der Waals surface area contributed by atoms with Crippen molar-refractivity contribution in [3.05, 3.63) is 40.2 Å². The van der Waals surface area contributed by atoms with Gasteiger partial charge in [0.15, 0.2) is 5.76 Å². The van der Waals surface area contributed by atoms with Crippen LogP contribution in [0.15, 0.2) is 27.5 Å². The molecular formula is C19H22N6O6S. The van der Waals surface area contributed by atoms with Crippen molar-refractivity contribution in [3.8, 4) is 10.9 Å². The number of hydrogen-bond donors (Lipinski definition) is 2. The van der Waals surface area contributed by atoms with E-state index in [1.54, 1.807) is 18.0 Å². The molecule has 2 N–H and O–H groups in total. The molecule has 1 atom stereocenters. The Morgan fingerprint density at radius 2 is 2.28 bits per heavy atom. The minimum absolute atomic E-state index is 0.000474. The zero-order valence-corrected chi connectivity index (χ0v) is 18.3. The van der Waals surface area contributed by atoms with Gasteiger partial charge in [0.1, 0.15) is 6.10 Å². The van der Waals surface area contributed by atoms with E-state index < -0.39 is 11.5 Å². The number of aryl methyl sites for hydroxylation is 1. The van der Waals surface area contributed by atoms with Gasteiger partial charge in [-0.1, -0.05) is 11.3 Å². The van der Waals surface area contributed by atoms with Crippen molar-refractivity contribution in [1.82, 2.24) is 20.0 Å². The number of amides is 1. The number of methoxy groups -OCH3 is 1. The SMILES string of the molecule is COCCNc1cc(C(=O)Nc2nnc(-n3nccc3C)s2)oc(=O)c1O[C@@H]1CCOC1. The van der Waals surface area contributed by atoms with E-state index in [2.05, 4.69) is 25.9 Å². The van der Waals surface area contributed by atoms with Crippen LogP contribution in [0.4, 0.5) is 10.8 Å². The van der Waals surface area contributed by atoms with Gasteiger partial charge in [0.25, 0.3) is 5.91 Å². The molecule has 0 bridgehead atoms. The Balaban J connectivity index is 1.54. The van der Waals surface area contributed by atoms with Gasteiger partial charge in [-0.25, -0.2) is 9.48 Å². The fourth-order valence-electron chi connectivity index (χ4n) is 2.98. The molecule has 4 heterocycles. The number of anilines is 2. The summed E-state index contributed by atoms with van der Waals surface area (Å²) < 4.78 is 22.9. The van der Waals surface area contributed by atoms with Gasteiger partial charge in [-0.05, 0) is 13.0 Å². The zero-order valence-electron chi connectivity index (χ0n) is 17.5. The second-order valence-electron chi connectivity index (χ2n) is 6.89. The molecule has 0 radical (unpaired) electrons. The molecule has 1 aliphatic heterocycles. The number of hydrogen-bond acceptors (Lipinski definition) is 11. The molecule has 12 nitrogen and oxygen atoms in total. The summed E-state index contributed by atoms with van der Waals surface area (Å²) in [6, 6.07) is 3.24. The van der Waals surface area contributed by atoms with E-state index in [-0.39, 0.29) is 22.7 Å². The van der Waals surface area contributed by atoms with Crippen molar-refractivity contribution in [2.24, 2.45) is 0 Å². The number of nitrogens with zero attached hydrogens (tertiary/aromatic N) is 4. The highest BCUT2D eigenvalue weighted by Gasteiger charge is 2.24. The van der Waals surface area contributed by atoms with Crippen LogP contribution >= 0.6 is 11.3 Å². The van der Waals surface area contributed by atoms with Crippen LogP contribution in [0.1, 0.15) is 22.7 Å². The van der Waals surface area contributed by atoms with E-state index in [1.807, 2.05) is 13.0 Å². The molecule has 1 amide bonds. The average Bonchev–Trinajstić information content (AvgIpc) is 3.53. The van der Waals surface area contributed by atoms with Crippen molar-refractivity contribution in [2.45, 2.75) is 19.4 Å². The third-order valence-corrected chi connectivity index (χ3v) is 5.39. The lowest BCUT2D eigenvalue weighted by Crippen LogP contribution is -2.23. The summed E-state index contributed by atoms with van der Waals surface area (Å²) in [6.07, 6.45) is 2.04. The summed E-state index contributed by atoms with van der Waals surface area (Å²) in [7, 11) is 1.56. The van der Waals surface area contributed by atoms with Gasteiger partial charge in [-0.3, -0.25) is 10.1 Å². The lowest BCUT2D eigenvalue weighted by molar-refractivity contribution is 0.0989. The van der Waals surface area contributed by atoms with Crippen LogP contribution in [0, 0.1) is 6.92 Å². The van der Waals surface area contributed by atoms with E-state index in [4.69, 9.17) is 18.6 Å². The predicted octanol–water partition coefficient (Wildman–Crippen LogP) is 1.46. The first-order valence-corrected chi connectivity index (χ1v) is 10.7. The highest BCUT2D eigenvalue weighted by atomic mass is 32.1. The zero-order chi connectivity index (χ0) is 22.5. The van der Waals surface area contributed by atoms with Crippen molar-refractivity contribution in [1.29, 1.82) is 0 Å². The molecule has 13 heteroatoms. The monoisotopic (exact) mass is 462 g/mol. The minimum Gasteiger partial charge on any atom is -0.479 e. The maximum atomic E-state index is 12.7. The van der Waals surface area contributed by atoms with Crippen LogP contribution in [0.2, 0.25) is 0 Å². The summed E-state index contributed by atoms with van der Waals surface area (Å²) in [6.45, 7) is 3.62. The second kappa shape index (κ2) is 9.89. The van der Waals surface area contributed by atoms with Crippen molar-refractivity contribution in [2.75, 3.05) is 44.1 Å². The quantitative estimate of drug-likeness (QED) is 0.449. The molecule has 0 aromatic carbocycles. The molecule has 0 aliphatic carbocycles. The number of carbonyl (C=O) groups excluding carboxylic acids is 1. The van der Waals surface area contributed by atoms with Gasteiger partial charge >= 0.3 is 5.63 Å². The summed E-state index contributed by atoms with van der Waals surface area (Å²) in [4.78, 5) is 25.3. The molecule has 4 rings (SSSR count). The van der Waals surface area contributed by atoms with Crippen LogP contribution in [0.5, 0.6) is 5.75 Å². The van der Waals surface area contributed by atoms with Gasteiger partial charge in [0.05, 0.1) is 25.5 Å². The van der Waals surface area contributed by atoms with Gasteiger partial charge in [0, 0.05) is 38.0 Å². The third kappa shape index (κ3) is 4.95. The summed E-state index contributed by atoms with van der Waals surface area (Å²) in [5, 5.41) is 18.5. The first-order chi connectivity index (χ1) is 15.5. The molecule has 0 saturated carbocycles. The standard InChI is InChI=1S/C19H22N6O6S/c1-11-3-5-21-25(11)19-24-23-18(32-19)22-16(26)14-9-13(20-6-8-28-2)15(17(27)31-14)30-12-4-7-29-10-12/h3,5,9,12,20H,4,6-8,10H2,1-2H3,(H,22,23,26)/t12-/m1/s1. The Bertz CT molecular complexity index is 1140. The summed E-state index contributed by atoms with van der Waals surface area (Å²) in [5.74, 6) is -0.843. The molecule has 3 aromatic rings. The fraction of sp³-hybridized carbons (Fsp3) is 0.421. The number of rotatable bonds is 9. The van der Waals surface area contributed by atoms with Crippen LogP contribution in [0.3, 0.4) is 0 Å². The van der Waals surface area contributed by atoms with E-state index in [1.165, 1.54) is 6.07 Å². The Kier molecular flexibility index (Phi) is 6.78. The van der Waals surface area contributed by atoms with E-state index >= 15 is 0 Å². The van der Waals surface area contributed by atoms with Crippen LogP contribution in [-0.4, -0.2) is 65.5 Å². The van der Waals surface area contributed by atoms with Gasteiger partial charge < -0.3 is 23.9 Å². The smallest absolute Gasteiger partial charge is 0.381 e. The van der Waals surface area contributed by atoms with Crippen LogP contribution < -0.4 is 21.0 Å². The molecule has 1 saturated heterocycles. The Hall–Kier alpha value is -3.29. The Morgan fingerprint density at radius 3 is 3.00 bits per heavy atom. The third-order valence-electron chi connectivity index (χ3n) is 4.57. The topological polar surface area (TPSA) is 143 Å². The van der Waals surface area contributed by atoms with Crippen LogP contribution in [-0.2, 0) is 9.47 Å². The lowest BCUT2D eigenvalue weighted by Gasteiger charge is -2.15. The van der Waals surface area contributed by atoms with Gasteiger partial charge in [0.2, 0.25) is 16.0 Å². The maximum Gasteiger partial charge on any atom is 0.381 e. The number of ether oxygens (including phenoxy) is 3. The first kappa shape index (κ1) is 21.9. The maximum absolute atomic E-state index is 12.7. The highest BCUT2D eigenvalue weighted by Crippen LogP contribution is 2.26. The number of carbonyl (C=O) groups is 1. The Labute approximate surface area is 186 Å². The molecule has 170 valence electrons. The molecule has 0 unspecified atom stereocenters. The van der Waals surface area contributed by atoms with Crippen molar-refractivity contribution < 1.29 is 23.4 Å². The second-order valence-corrected chi connectivity index (χ2v) is 7.85. The first-order valence-electron chi connectivity index (χ1n) is 9.86. The van der Waals surface area contributed by atoms with Gasteiger partial charge in [-0.15, -0.1) is 10.2 Å². The summed E-state index contributed by atoms with van der Waals surface area (Å²) in [5.41, 5.74) is 0.440. The molecule has 0 spiro atoms. The normalized spacial score (nSPS) is 15.6. The highest BCUT2D eigenvalue weighted by molar-refractivity contribution is 7.17.